The number of aromatic nitrogens is 2. The zero-order chi connectivity index (χ0) is 15.0. The van der Waals surface area contributed by atoms with E-state index in [1.54, 1.807) is 18.3 Å². The number of hydrogen-bond acceptors (Lipinski definition) is 3. The Hall–Kier alpha value is -2.30. The third-order valence-electron chi connectivity index (χ3n) is 4.11. The third-order valence-corrected chi connectivity index (χ3v) is 4.11. The molecule has 1 heterocycles. The minimum atomic E-state index is -0.149. The van der Waals surface area contributed by atoms with Crippen molar-refractivity contribution in [3.05, 3.63) is 41.6 Å². The lowest BCUT2D eigenvalue weighted by atomic mass is 10.1. The second-order valence-corrected chi connectivity index (χ2v) is 5.77. The number of amides is 1. The summed E-state index contributed by atoms with van der Waals surface area (Å²) in [6.45, 7) is 4.05. The molecule has 0 spiro atoms. The van der Waals surface area contributed by atoms with Crippen LogP contribution in [0.15, 0.2) is 30.5 Å². The first-order valence-corrected chi connectivity index (χ1v) is 7.27. The summed E-state index contributed by atoms with van der Waals surface area (Å²) in [6.07, 6.45) is 4.20. The van der Waals surface area contributed by atoms with Crippen molar-refractivity contribution < 1.29 is 4.79 Å². The molecule has 1 aromatic carbocycles. The van der Waals surface area contributed by atoms with Gasteiger partial charge in [0.1, 0.15) is 5.82 Å². The number of anilines is 2. The van der Waals surface area contributed by atoms with Crippen molar-refractivity contribution in [1.82, 2.24) is 9.78 Å². The fourth-order valence-electron chi connectivity index (χ4n) is 2.58. The Bertz CT molecular complexity index is 673. The van der Waals surface area contributed by atoms with E-state index < -0.39 is 0 Å². The van der Waals surface area contributed by atoms with Gasteiger partial charge in [-0.25, -0.2) is 4.68 Å². The summed E-state index contributed by atoms with van der Waals surface area (Å²) in [7, 11) is 0. The molecule has 110 valence electrons. The maximum absolute atomic E-state index is 12.4. The maximum atomic E-state index is 12.4. The Morgan fingerprint density at radius 3 is 2.90 bits per heavy atom. The molecule has 1 fully saturated rings. The van der Waals surface area contributed by atoms with Crippen LogP contribution in [0.25, 0.3) is 0 Å². The number of aryl methyl sites for hydroxylation is 1. The number of nitrogens with zero attached hydrogens (tertiary/aromatic N) is 2. The van der Waals surface area contributed by atoms with Crippen molar-refractivity contribution >= 4 is 17.4 Å². The van der Waals surface area contributed by atoms with Gasteiger partial charge in [-0.3, -0.25) is 4.79 Å². The van der Waals surface area contributed by atoms with Crippen molar-refractivity contribution in [3.8, 4) is 0 Å². The minimum Gasteiger partial charge on any atom is -0.399 e. The smallest absolute Gasteiger partial charge is 0.257 e. The lowest BCUT2D eigenvalue weighted by molar-refractivity contribution is 0.102. The molecule has 1 unspecified atom stereocenters. The Morgan fingerprint density at radius 2 is 2.19 bits per heavy atom. The highest BCUT2D eigenvalue weighted by atomic mass is 16.1. The van der Waals surface area contributed by atoms with Crippen molar-refractivity contribution in [1.29, 1.82) is 0 Å². The summed E-state index contributed by atoms with van der Waals surface area (Å²) < 4.78 is 1.90. The van der Waals surface area contributed by atoms with Gasteiger partial charge < -0.3 is 11.1 Å². The monoisotopic (exact) mass is 284 g/mol. The second-order valence-electron chi connectivity index (χ2n) is 5.77. The number of carbonyl (C=O) groups is 1. The van der Waals surface area contributed by atoms with Gasteiger partial charge >= 0.3 is 0 Å². The molecule has 0 aliphatic heterocycles. The molecule has 1 aliphatic rings. The van der Waals surface area contributed by atoms with E-state index in [9.17, 15) is 4.79 Å². The summed E-state index contributed by atoms with van der Waals surface area (Å²) in [5, 5.41) is 7.29. The number of nitrogens with two attached hydrogens (primary N) is 1. The average molecular weight is 284 g/mol. The molecule has 1 aromatic heterocycles. The summed E-state index contributed by atoms with van der Waals surface area (Å²) in [4.78, 5) is 12.4. The number of benzene rings is 1. The molecular weight excluding hydrogens is 264 g/mol. The van der Waals surface area contributed by atoms with E-state index in [1.165, 1.54) is 12.8 Å². The van der Waals surface area contributed by atoms with Crippen molar-refractivity contribution in [2.45, 2.75) is 32.7 Å². The predicted octanol–water partition coefficient (Wildman–Crippen LogP) is 3.00. The van der Waals surface area contributed by atoms with Crippen LogP contribution in [0.3, 0.4) is 0 Å². The van der Waals surface area contributed by atoms with Crippen LogP contribution in [0.2, 0.25) is 0 Å². The number of nitrogen functional groups attached to an aromatic ring is 1. The normalized spacial score (nSPS) is 15.7. The molecule has 3 rings (SSSR count). The zero-order valence-electron chi connectivity index (χ0n) is 12.3. The van der Waals surface area contributed by atoms with E-state index >= 15 is 0 Å². The Kier molecular flexibility index (Phi) is 3.41. The van der Waals surface area contributed by atoms with Gasteiger partial charge in [0, 0.05) is 17.3 Å². The summed E-state index contributed by atoms with van der Waals surface area (Å²) >= 11 is 0. The fraction of sp³-hybridized carbons (Fsp3) is 0.375. The standard InChI is InChI=1S/C16H20N4O/c1-10-3-6-13(17)9-14(10)16(21)19-15-7-8-18-20(15)11(2)12-4-5-12/h3,6-9,11-12H,4-5,17H2,1-2H3,(H,19,21). The van der Waals surface area contributed by atoms with Crippen molar-refractivity contribution in [2.24, 2.45) is 5.92 Å². The molecule has 0 radical (unpaired) electrons. The molecular formula is C16H20N4O. The highest BCUT2D eigenvalue weighted by Gasteiger charge is 2.30. The summed E-state index contributed by atoms with van der Waals surface area (Å²) in [5.74, 6) is 1.26. The molecule has 1 atom stereocenters. The van der Waals surface area contributed by atoms with Crippen LogP contribution in [-0.2, 0) is 0 Å². The first-order valence-electron chi connectivity index (χ1n) is 7.27. The van der Waals surface area contributed by atoms with E-state index in [0.717, 1.165) is 11.4 Å². The first kappa shape index (κ1) is 13.7. The Balaban J connectivity index is 1.82. The molecule has 1 amide bonds. The van der Waals surface area contributed by atoms with Crippen molar-refractivity contribution in [3.63, 3.8) is 0 Å². The van der Waals surface area contributed by atoms with Crippen LogP contribution in [0, 0.1) is 12.8 Å². The SMILES string of the molecule is Cc1ccc(N)cc1C(=O)Nc1ccnn1C(C)C1CC1. The van der Waals surface area contributed by atoms with Crippen LogP contribution < -0.4 is 11.1 Å². The van der Waals surface area contributed by atoms with Gasteiger partial charge in [0.25, 0.3) is 5.91 Å². The molecule has 1 saturated carbocycles. The van der Waals surface area contributed by atoms with Crippen molar-refractivity contribution in [2.75, 3.05) is 11.1 Å². The highest BCUT2D eigenvalue weighted by Crippen LogP contribution is 2.40. The summed E-state index contributed by atoms with van der Waals surface area (Å²) in [6, 6.07) is 7.51. The van der Waals surface area contributed by atoms with Gasteiger partial charge in [0.05, 0.1) is 12.2 Å². The largest absolute Gasteiger partial charge is 0.399 e. The quantitative estimate of drug-likeness (QED) is 0.848. The van der Waals surface area contributed by atoms with E-state index in [2.05, 4.69) is 17.3 Å². The second kappa shape index (κ2) is 5.24. The average Bonchev–Trinajstić information content (AvgIpc) is 3.21. The molecule has 3 N–H and O–H groups in total. The lowest BCUT2D eigenvalue weighted by Crippen LogP contribution is -2.19. The third kappa shape index (κ3) is 2.77. The Labute approximate surface area is 124 Å². The van der Waals surface area contributed by atoms with Gasteiger partial charge in [-0.2, -0.15) is 5.10 Å². The lowest BCUT2D eigenvalue weighted by Gasteiger charge is -2.16. The van der Waals surface area contributed by atoms with Crippen LogP contribution in [0.1, 0.15) is 41.7 Å². The predicted molar refractivity (Wildman–Crippen MR) is 83.2 cm³/mol. The number of carbonyl (C=O) groups excluding carboxylic acids is 1. The zero-order valence-corrected chi connectivity index (χ0v) is 12.3. The first-order chi connectivity index (χ1) is 10.1. The van der Waals surface area contributed by atoms with Gasteiger partial charge in [0.2, 0.25) is 0 Å². The Morgan fingerprint density at radius 1 is 1.43 bits per heavy atom. The van der Waals surface area contributed by atoms with Gasteiger partial charge in [0.15, 0.2) is 0 Å². The maximum Gasteiger partial charge on any atom is 0.257 e. The molecule has 2 aromatic rings. The van der Waals surface area contributed by atoms with E-state index in [4.69, 9.17) is 5.73 Å². The molecule has 0 bridgehead atoms. The fourth-order valence-corrected chi connectivity index (χ4v) is 2.58. The van der Waals surface area contributed by atoms with Gasteiger partial charge in [-0.1, -0.05) is 6.07 Å². The molecule has 21 heavy (non-hydrogen) atoms. The molecule has 5 heteroatoms. The summed E-state index contributed by atoms with van der Waals surface area (Å²) in [5.41, 5.74) is 7.86. The van der Waals surface area contributed by atoms with E-state index in [-0.39, 0.29) is 5.91 Å². The minimum absolute atomic E-state index is 0.149. The van der Waals surface area contributed by atoms with Crippen LogP contribution in [0.4, 0.5) is 11.5 Å². The number of rotatable bonds is 4. The molecule has 5 nitrogen and oxygen atoms in total. The van der Waals surface area contributed by atoms with Crippen LogP contribution in [-0.4, -0.2) is 15.7 Å². The topological polar surface area (TPSA) is 72.9 Å². The highest BCUT2D eigenvalue weighted by molar-refractivity contribution is 6.05. The van der Waals surface area contributed by atoms with Crippen LogP contribution in [0.5, 0.6) is 0 Å². The van der Waals surface area contributed by atoms with E-state index in [0.29, 0.717) is 23.2 Å². The molecule has 1 aliphatic carbocycles. The van der Waals surface area contributed by atoms with Gasteiger partial charge in [-0.05, 0) is 50.3 Å². The van der Waals surface area contributed by atoms with Crippen LogP contribution >= 0.6 is 0 Å². The molecule has 0 saturated heterocycles. The van der Waals surface area contributed by atoms with Gasteiger partial charge in [-0.15, -0.1) is 0 Å². The number of nitrogens with one attached hydrogen (secondary N) is 1. The number of hydrogen-bond donors (Lipinski definition) is 2. The van der Waals surface area contributed by atoms with E-state index in [1.807, 2.05) is 23.7 Å².